The summed E-state index contributed by atoms with van der Waals surface area (Å²) in [5.41, 5.74) is 0. The van der Waals surface area contributed by atoms with Gasteiger partial charge in [-0.2, -0.15) is 0 Å². The Bertz CT molecular complexity index is 1750. The van der Waals surface area contributed by atoms with Crippen LogP contribution in [0.25, 0.3) is 0 Å². The second-order valence-corrected chi connectivity index (χ2v) is 29.0. The number of hydrogen-bond acceptors (Lipinski definition) is 15. The molecule has 0 saturated heterocycles. The number of unbranched alkanes of at least 4 members (excludes halogenated alkanes) is 29. The van der Waals surface area contributed by atoms with Gasteiger partial charge in [-0.05, 0) is 49.4 Å². The van der Waals surface area contributed by atoms with Crippen molar-refractivity contribution in [2.24, 2.45) is 23.7 Å². The van der Waals surface area contributed by atoms with E-state index >= 15 is 0 Å². The Morgan fingerprint density at radius 1 is 0.318 bits per heavy atom. The lowest BCUT2D eigenvalue weighted by atomic mass is 9.99. The van der Waals surface area contributed by atoms with E-state index in [1.807, 2.05) is 0 Å². The van der Waals surface area contributed by atoms with E-state index in [4.69, 9.17) is 37.0 Å². The lowest BCUT2D eigenvalue weighted by Crippen LogP contribution is -2.30. The summed E-state index contributed by atoms with van der Waals surface area (Å²) in [5.74, 6) is 0.860. The van der Waals surface area contributed by atoms with E-state index in [2.05, 4.69) is 55.4 Å². The second kappa shape index (κ2) is 58.8. The van der Waals surface area contributed by atoms with Crippen molar-refractivity contribution in [3.05, 3.63) is 0 Å². The van der Waals surface area contributed by atoms with Crippen molar-refractivity contribution in [3.8, 4) is 0 Å². The van der Waals surface area contributed by atoms with E-state index in [9.17, 15) is 43.2 Å². The van der Waals surface area contributed by atoms with Crippen LogP contribution in [0.5, 0.6) is 0 Å². The molecule has 19 heteroatoms. The standard InChI is InChI=1S/C69H134O17P2/c1-9-60(6)46-38-30-22-18-16-14-12-13-15-17-19-23-33-41-49-66(71)79-55-64(85-68(73)51-43-35-24-20-21-29-37-45-59(4)5)57-83-87(75,76)81-53-63(70)54-82-88(77,78)84-58-65(86-69(74)52-44-36-28-26-32-40-48-62(8)11-3)56-80-67(72)50-42-34-27-25-31-39-47-61(7)10-2/h59-65,70H,9-58H2,1-8H3,(H,75,76)(H,77,78)/t60?,61?,62?,63-,64-,65-/m1/s1. The number of carbonyl (C=O) groups excluding carboxylic acids is 4. The molecule has 0 saturated carbocycles. The second-order valence-electron chi connectivity index (χ2n) is 26.1. The monoisotopic (exact) mass is 1300 g/mol. The molecule has 88 heavy (non-hydrogen) atoms. The summed E-state index contributed by atoms with van der Waals surface area (Å²) in [7, 11) is -9.90. The fourth-order valence-electron chi connectivity index (χ4n) is 10.2. The number of aliphatic hydroxyl groups is 1. The van der Waals surface area contributed by atoms with Gasteiger partial charge in [-0.3, -0.25) is 37.3 Å². The third kappa shape index (κ3) is 59.1. The quantitative estimate of drug-likeness (QED) is 0.0222. The molecule has 8 atom stereocenters. The fraction of sp³-hybridized carbons (Fsp3) is 0.942. The van der Waals surface area contributed by atoms with Crippen molar-refractivity contribution in [1.29, 1.82) is 0 Å². The third-order valence-electron chi connectivity index (χ3n) is 16.9. The van der Waals surface area contributed by atoms with E-state index in [1.165, 1.54) is 135 Å². The van der Waals surface area contributed by atoms with Crippen LogP contribution in [0.15, 0.2) is 0 Å². The summed E-state index contributed by atoms with van der Waals surface area (Å²) in [6.07, 6.45) is 40.5. The fourth-order valence-corrected chi connectivity index (χ4v) is 11.8. The van der Waals surface area contributed by atoms with Gasteiger partial charge in [0, 0.05) is 25.7 Å². The largest absolute Gasteiger partial charge is 0.472 e. The molecule has 0 bridgehead atoms. The minimum atomic E-state index is -4.95. The molecule has 0 spiro atoms. The lowest BCUT2D eigenvalue weighted by Gasteiger charge is -2.21. The normalized spacial score (nSPS) is 15.2. The van der Waals surface area contributed by atoms with Crippen LogP contribution in [0.3, 0.4) is 0 Å². The predicted molar refractivity (Wildman–Crippen MR) is 354 cm³/mol. The van der Waals surface area contributed by atoms with E-state index in [1.54, 1.807) is 0 Å². The summed E-state index contributed by atoms with van der Waals surface area (Å²) in [5, 5.41) is 10.6. The Morgan fingerprint density at radius 3 is 0.807 bits per heavy atom. The number of carbonyl (C=O) groups is 4. The molecule has 17 nitrogen and oxygen atoms in total. The molecule has 0 fully saturated rings. The summed E-state index contributed by atoms with van der Waals surface area (Å²) in [4.78, 5) is 72.4. The molecule has 522 valence electrons. The minimum Gasteiger partial charge on any atom is -0.462 e. The SMILES string of the molecule is CCC(C)CCCCCCCCCCCCCCCCC(=O)OC[C@H](COP(=O)(O)OC[C@@H](O)COP(=O)(O)OC[C@@H](COC(=O)CCCCCCCCC(C)CC)OC(=O)CCCCCCCCC(C)CC)OC(=O)CCCCCCCCCC(C)C. The number of esters is 4. The summed E-state index contributed by atoms with van der Waals surface area (Å²) in [6, 6.07) is 0. The Morgan fingerprint density at radius 2 is 0.545 bits per heavy atom. The van der Waals surface area contributed by atoms with Crippen molar-refractivity contribution >= 4 is 39.5 Å². The number of hydrogen-bond donors (Lipinski definition) is 3. The number of phosphoric acid groups is 2. The first-order valence-corrected chi connectivity index (χ1v) is 38.8. The van der Waals surface area contributed by atoms with Gasteiger partial charge in [-0.25, -0.2) is 9.13 Å². The maximum Gasteiger partial charge on any atom is 0.472 e. The maximum absolute atomic E-state index is 13.0. The predicted octanol–water partition coefficient (Wildman–Crippen LogP) is 19.3. The van der Waals surface area contributed by atoms with E-state index in [0.29, 0.717) is 31.6 Å². The number of rotatable bonds is 66. The molecule has 5 unspecified atom stereocenters. The van der Waals surface area contributed by atoms with Crippen LogP contribution in [-0.2, 0) is 65.4 Å². The van der Waals surface area contributed by atoms with Gasteiger partial charge in [-0.15, -0.1) is 0 Å². The highest BCUT2D eigenvalue weighted by Gasteiger charge is 2.30. The van der Waals surface area contributed by atoms with Crippen molar-refractivity contribution in [2.45, 2.75) is 356 Å². The Hall–Kier alpha value is -1.94. The van der Waals surface area contributed by atoms with Gasteiger partial charge < -0.3 is 33.8 Å². The van der Waals surface area contributed by atoms with Crippen LogP contribution in [0.1, 0.15) is 338 Å². The molecular weight excluding hydrogens is 1160 g/mol. The molecule has 0 heterocycles. The first-order chi connectivity index (χ1) is 42.2. The molecule has 0 rings (SSSR count). The van der Waals surface area contributed by atoms with Gasteiger partial charge in [0.05, 0.1) is 26.4 Å². The van der Waals surface area contributed by atoms with Crippen molar-refractivity contribution < 1.29 is 80.2 Å². The topological polar surface area (TPSA) is 237 Å². The highest BCUT2D eigenvalue weighted by atomic mass is 31.2. The van der Waals surface area contributed by atoms with Crippen LogP contribution in [0.4, 0.5) is 0 Å². The number of phosphoric ester groups is 2. The van der Waals surface area contributed by atoms with Crippen molar-refractivity contribution in [2.75, 3.05) is 39.6 Å². The molecular formula is C69H134O17P2. The molecule has 0 aliphatic heterocycles. The molecule has 0 aliphatic carbocycles. The average Bonchev–Trinajstić information content (AvgIpc) is 3.64. The Labute approximate surface area is 537 Å². The van der Waals surface area contributed by atoms with Gasteiger partial charge in [0.1, 0.15) is 19.3 Å². The van der Waals surface area contributed by atoms with Crippen molar-refractivity contribution in [1.82, 2.24) is 0 Å². The highest BCUT2D eigenvalue weighted by Crippen LogP contribution is 2.45. The van der Waals surface area contributed by atoms with Gasteiger partial charge in [0.25, 0.3) is 0 Å². The first kappa shape index (κ1) is 86.1. The Kier molecular flexibility index (Phi) is 57.6. The minimum absolute atomic E-state index is 0.101. The van der Waals surface area contributed by atoms with Crippen LogP contribution in [-0.4, -0.2) is 96.7 Å². The average molecular weight is 1300 g/mol. The van der Waals surface area contributed by atoms with E-state index in [-0.39, 0.29) is 25.7 Å². The molecule has 0 amide bonds. The van der Waals surface area contributed by atoms with Crippen LogP contribution in [0.2, 0.25) is 0 Å². The van der Waals surface area contributed by atoms with Gasteiger partial charge in [0.15, 0.2) is 12.2 Å². The summed E-state index contributed by atoms with van der Waals surface area (Å²) < 4.78 is 68.2. The Balaban J connectivity index is 5.19. The van der Waals surface area contributed by atoms with Gasteiger partial charge in [0.2, 0.25) is 0 Å². The number of ether oxygens (including phenoxy) is 4. The molecule has 0 aromatic heterocycles. The zero-order chi connectivity index (χ0) is 65.4. The zero-order valence-electron chi connectivity index (χ0n) is 57.3. The summed E-state index contributed by atoms with van der Waals surface area (Å²) >= 11 is 0. The maximum atomic E-state index is 13.0. The van der Waals surface area contributed by atoms with Crippen LogP contribution < -0.4 is 0 Å². The first-order valence-electron chi connectivity index (χ1n) is 35.8. The molecule has 3 N–H and O–H groups in total. The van der Waals surface area contributed by atoms with Gasteiger partial charge >= 0.3 is 39.5 Å². The van der Waals surface area contributed by atoms with E-state index < -0.39 is 97.5 Å². The highest BCUT2D eigenvalue weighted by molar-refractivity contribution is 7.47. The van der Waals surface area contributed by atoms with Crippen LogP contribution >= 0.6 is 15.6 Å². The zero-order valence-corrected chi connectivity index (χ0v) is 59.1. The molecule has 0 radical (unpaired) electrons. The van der Waals surface area contributed by atoms with Crippen molar-refractivity contribution in [3.63, 3.8) is 0 Å². The van der Waals surface area contributed by atoms with E-state index in [0.717, 1.165) is 114 Å². The van der Waals surface area contributed by atoms with Crippen LogP contribution in [0, 0.1) is 23.7 Å². The molecule has 0 aromatic rings. The smallest absolute Gasteiger partial charge is 0.462 e. The number of aliphatic hydroxyl groups excluding tert-OH is 1. The van der Waals surface area contributed by atoms with Gasteiger partial charge in [-0.1, -0.05) is 287 Å². The molecule has 0 aromatic carbocycles. The summed E-state index contributed by atoms with van der Waals surface area (Å²) in [6.45, 7) is 14.0. The lowest BCUT2D eigenvalue weighted by molar-refractivity contribution is -0.161. The molecule has 0 aliphatic rings. The third-order valence-corrected chi connectivity index (χ3v) is 18.8.